The van der Waals surface area contributed by atoms with Crippen LogP contribution in [0, 0.1) is 6.92 Å². The van der Waals surface area contributed by atoms with Gasteiger partial charge in [0.1, 0.15) is 11.3 Å². The number of nitrogens with zero attached hydrogens (tertiary/aromatic N) is 2. The zero-order valence-electron chi connectivity index (χ0n) is 10.5. The Morgan fingerprint density at radius 1 is 1.33 bits per heavy atom. The van der Waals surface area contributed by atoms with Gasteiger partial charge < -0.3 is 10.3 Å². The van der Waals surface area contributed by atoms with Crippen molar-refractivity contribution in [3.8, 4) is 0 Å². The molecule has 4 nitrogen and oxygen atoms in total. The largest absolute Gasteiger partial charge is 0.341 e. The summed E-state index contributed by atoms with van der Waals surface area (Å²) in [5, 5.41) is 3.36. The Hall–Kier alpha value is -0.910. The number of fused-ring (bicyclic) bond motifs is 1. The van der Waals surface area contributed by atoms with Crippen LogP contribution in [0.15, 0.2) is 16.6 Å². The molecule has 1 saturated heterocycles. The van der Waals surface area contributed by atoms with E-state index in [4.69, 9.17) is 0 Å². The Morgan fingerprint density at radius 2 is 2.11 bits per heavy atom. The standard InChI is InChI=1S/C13H17BrN4/c1-9-6-10(14)13-11(7-9)16-12(17-13)8-18-4-2-15-3-5-18/h6-7,15H,2-5,8H2,1H3,(H,16,17). The van der Waals surface area contributed by atoms with Gasteiger partial charge in [-0.05, 0) is 40.5 Å². The average molecular weight is 309 g/mol. The van der Waals surface area contributed by atoms with Crippen LogP contribution >= 0.6 is 15.9 Å². The van der Waals surface area contributed by atoms with E-state index in [1.165, 1.54) is 5.56 Å². The molecular formula is C13H17BrN4. The molecule has 0 aliphatic carbocycles. The van der Waals surface area contributed by atoms with Gasteiger partial charge in [0.2, 0.25) is 0 Å². The van der Waals surface area contributed by atoms with Crippen molar-refractivity contribution in [1.82, 2.24) is 20.2 Å². The molecule has 0 atom stereocenters. The van der Waals surface area contributed by atoms with Crippen molar-refractivity contribution in [2.75, 3.05) is 26.2 Å². The Bertz CT molecular complexity index is 557. The molecule has 2 aromatic rings. The van der Waals surface area contributed by atoms with E-state index in [1.54, 1.807) is 0 Å². The summed E-state index contributed by atoms with van der Waals surface area (Å²) in [6.07, 6.45) is 0. The summed E-state index contributed by atoms with van der Waals surface area (Å²) in [6.45, 7) is 7.34. The normalized spacial score (nSPS) is 17.4. The number of aryl methyl sites for hydroxylation is 1. The molecular weight excluding hydrogens is 292 g/mol. The molecule has 1 aliphatic rings. The minimum Gasteiger partial charge on any atom is -0.341 e. The molecule has 3 rings (SSSR count). The number of rotatable bonds is 2. The highest BCUT2D eigenvalue weighted by Gasteiger charge is 2.13. The number of hydrogen-bond acceptors (Lipinski definition) is 3. The van der Waals surface area contributed by atoms with E-state index < -0.39 is 0 Å². The maximum Gasteiger partial charge on any atom is 0.121 e. The number of H-pyrrole nitrogens is 1. The van der Waals surface area contributed by atoms with Gasteiger partial charge in [0, 0.05) is 30.7 Å². The minimum absolute atomic E-state index is 0.905. The van der Waals surface area contributed by atoms with E-state index in [0.717, 1.165) is 54.1 Å². The highest BCUT2D eigenvalue weighted by Crippen LogP contribution is 2.24. The van der Waals surface area contributed by atoms with Crippen LogP contribution in [0.5, 0.6) is 0 Å². The lowest BCUT2D eigenvalue weighted by Gasteiger charge is -2.26. The molecule has 2 heterocycles. The molecule has 5 heteroatoms. The van der Waals surface area contributed by atoms with Gasteiger partial charge >= 0.3 is 0 Å². The molecule has 0 spiro atoms. The van der Waals surface area contributed by atoms with Gasteiger partial charge in [-0.25, -0.2) is 4.98 Å². The van der Waals surface area contributed by atoms with E-state index in [1.807, 2.05) is 0 Å². The third-order valence-corrected chi connectivity index (χ3v) is 3.92. The lowest BCUT2D eigenvalue weighted by molar-refractivity contribution is 0.229. The number of nitrogens with one attached hydrogen (secondary N) is 2. The molecule has 1 aromatic carbocycles. The van der Waals surface area contributed by atoms with E-state index in [0.29, 0.717) is 0 Å². The first-order valence-electron chi connectivity index (χ1n) is 6.30. The van der Waals surface area contributed by atoms with Gasteiger partial charge in [0.15, 0.2) is 0 Å². The van der Waals surface area contributed by atoms with E-state index in [2.05, 4.69) is 55.2 Å². The molecule has 0 radical (unpaired) electrons. The van der Waals surface area contributed by atoms with Crippen LogP contribution in [-0.4, -0.2) is 41.0 Å². The number of benzene rings is 1. The van der Waals surface area contributed by atoms with Crippen molar-refractivity contribution in [3.63, 3.8) is 0 Å². The quantitative estimate of drug-likeness (QED) is 0.892. The molecule has 2 N–H and O–H groups in total. The first kappa shape index (κ1) is 12.1. The maximum absolute atomic E-state index is 4.68. The van der Waals surface area contributed by atoms with Gasteiger partial charge in [-0.15, -0.1) is 0 Å². The lowest BCUT2D eigenvalue weighted by atomic mass is 10.2. The molecule has 0 unspecified atom stereocenters. The van der Waals surface area contributed by atoms with Crippen molar-refractivity contribution in [3.05, 3.63) is 28.0 Å². The second kappa shape index (κ2) is 4.99. The van der Waals surface area contributed by atoms with Crippen molar-refractivity contribution in [2.45, 2.75) is 13.5 Å². The zero-order chi connectivity index (χ0) is 12.5. The number of imidazole rings is 1. The molecule has 1 aliphatic heterocycles. The molecule has 96 valence electrons. The summed E-state index contributed by atoms with van der Waals surface area (Å²) >= 11 is 3.58. The van der Waals surface area contributed by atoms with Gasteiger partial charge in [0.25, 0.3) is 0 Å². The Labute approximate surface area is 115 Å². The predicted octanol–water partition coefficient (Wildman–Crippen LogP) is 2.04. The van der Waals surface area contributed by atoms with Crippen molar-refractivity contribution in [1.29, 1.82) is 0 Å². The molecule has 1 aromatic heterocycles. The molecule has 0 saturated carbocycles. The van der Waals surface area contributed by atoms with Crippen LogP contribution in [0.3, 0.4) is 0 Å². The first-order chi connectivity index (χ1) is 8.72. The van der Waals surface area contributed by atoms with Gasteiger partial charge in [-0.1, -0.05) is 0 Å². The number of hydrogen-bond donors (Lipinski definition) is 2. The fourth-order valence-corrected chi connectivity index (χ4v) is 3.08. The Balaban J connectivity index is 1.86. The Kier molecular flexibility index (Phi) is 3.37. The summed E-state index contributed by atoms with van der Waals surface area (Å²) in [7, 11) is 0. The highest BCUT2D eigenvalue weighted by molar-refractivity contribution is 9.10. The maximum atomic E-state index is 4.68. The summed E-state index contributed by atoms with van der Waals surface area (Å²) in [5.41, 5.74) is 3.39. The zero-order valence-corrected chi connectivity index (χ0v) is 12.0. The number of piperazine rings is 1. The predicted molar refractivity (Wildman–Crippen MR) is 76.7 cm³/mol. The minimum atomic E-state index is 0.905. The molecule has 0 amide bonds. The fraction of sp³-hybridized carbons (Fsp3) is 0.462. The number of aromatic amines is 1. The fourth-order valence-electron chi connectivity index (χ4n) is 2.42. The Morgan fingerprint density at radius 3 is 2.89 bits per heavy atom. The van der Waals surface area contributed by atoms with Crippen LogP contribution in [0.1, 0.15) is 11.4 Å². The van der Waals surface area contributed by atoms with Gasteiger partial charge in [0.05, 0.1) is 12.1 Å². The second-order valence-electron chi connectivity index (χ2n) is 4.85. The second-order valence-corrected chi connectivity index (χ2v) is 5.71. The monoisotopic (exact) mass is 308 g/mol. The van der Waals surface area contributed by atoms with Crippen molar-refractivity contribution in [2.24, 2.45) is 0 Å². The van der Waals surface area contributed by atoms with Gasteiger partial charge in [-0.3, -0.25) is 4.90 Å². The first-order valence-corrected chi connectivity index (χ1v) is 7.09. The highest BCUT2D eigenvalue weighted by atomic mass is 79.9. The van der Waals surface area contributed by atoms with Crippen molar-refractivity contribution < 1.29 is 0 Å². The molecule has 0 bridgehead atoms. The van der Waals surface area contributed by atoms with Crippen LogP contribution in [-0.2, 0) is 6.54 Å². The van der Waals surface area contributed by atoms with Crippen LogP contribution in [0.4, 0.5) is 0 Å². The smallest absolute Gasteiger partial charge is 0.121 e. The summed E-state index contributed by atoms with van der Waals surface area (Å²) in [5.74, 6) is 1.05. The van der Waals surface area contributed by atoms with E-state index >= 15 is 0 Å². The van der Waals surface area contributed by atoms with Crippen molar-refractivity contribution >= 4 is 27.0 Å². The van der Waals surface area contributed by atoms with Crippen LogP contribution in [0.2, 0.25) is 0 Å². The van der Waals surface area contributed by atoms with Crippen LogP contribution < -0.4 is 5.32 Å². The van der Waals surface area contributed by atoms with Gasteiger partial charge in [-0.2, -0.15) is 0 Å². The van der Waals surface area contributed by atoms with E-state index in [9.17, 15) is 0 Å². The lowest BCUT2D eigenvalue weighted by Crippen LogP contribution is -2.43. The summed E-state index contributed by atoms with van der Waals surface area (Å²) in [4.78, 5) is 10.5. The summed E-state index contributed by atoms with van der Waals surface area (Å²) in [6, 6.07) is 4.26. The van der Waals surface area contributed by atoms with Crippen LogP contribution in [0.25, 0.3) is 11.0 Å². The topological polar surface area (TPSA) is 44.0 Å². The molecule has 18 heavy (non-hydrogen) atoms. The third-order valence-electron chi connectivity index (χ3n) is 3.32. The third kappa shape index (κ3) is 2.43. The van der Waals surface area contributed by atoms with E-state index in [-0.39, 0.29) is 0 Å². The average Bonchev–Trinajstić information content (AvgIpc) is 2.73. The summed E-state index contributed by atoms with van der Waals surface area (Å²) < 4.78 is 1.07. The number of halogens is 1. The molecule has 1 fully saturated rings. The number of aromatic nitrogens is 2. The SMILES string of the molecule is Cc1cc(Br)c2nc(CN3CCNCC3)[nH]c2c1.